The number of fused-ring (bicyclic) bond motifs is 1. The largest absolute Gasteiger partial charge is 0.385 e. The topological polar surface area (TPSA) is 87.2 Å². The van der Waals surface area contributed by atoms with Crippen molar-refractivity contribution in [1.29, 1.82) is 0 Å². The second-order valence-electron chi connectivity index (χ2n) is 6.03. The Labute approximate surface area is 161 Å². The Morgan fingerprint density at radius 2 is 1.89 bits per heavy atom. The molecule has 140 valence electrons. The molecule has 27 heavy (non-hydrogen) atoms. The monoisotopic (exact) mass is 383 g/mol. The third-order valence-electron chi connectivity index (χ3n) is 4.14. The second kappa shape index (κ2) is 8.83. The molecule has 2 N–H and O–H groups in total. The Morgan fingerprint density at radius 1 is 1.19 bits per heavy atom. The van der Waals surface area contributed by atoms with E-state index in [0.29, 0.717) is 35.6 Å². The fourth-order valence-corrected chi connectivity index (χ4v) is 3.90. The molecule has 0 saturated carbocycles. The van der Waals surface area contributed by atoms with Crippen LogP contribution in [0.3, 0.4) is 0 Å². The lowest BCUT2D eigenvalue weighted by Gasteiger charge is -2.17. The number of rotatable bonds is 8. The van der Waals surface area contributed by atoms with Crippen molar-refractivity contribution in [3.05, 3.63) is 70.5 Å². The molecule has 0 radical (unpaired) electrons. The number of amides is 1. The minimum Gasteiger partial charge on any atom is -0.385 e. The predicted molar refractivity (Wildman–Crippen MR) is 107 cm³/mol. The van der Waals surface area contributed by atoms with Crippen LogP contribution in [-0.4, -0.2) is 29.2 Å². The number of carbonyl (C=O) groups is 1. The summed E-state index contributed by atoms with van der Waals surface area (Å²) in [6.07, 6.45) is 0.663. The van der Waals surface area contributed by atoms with Gasteiger partial charge in [0.1, 0.15) is 5.25 Å². The summed E-state index contributed by atoms with van der Waals surface area (Å²) in [6, 6.07) is 16.5. The first-order valence-corrected chi connectivity index (χ1v) is 9.49. The molecular formula is C20H21N3O3S. The van der Waals surface area contributed by atoms with E-state index in [9.17, 15) is 9.59 Å². The molecule has 1 atom stereocenters. The molecule has 0 fully saturated rings. The molecule has 0 aliphatic heterocycles. The van der Waals surface area contributed by atoms with Gasteiger partial charge in [0, 0.05) is 20.3 Å². The normalized spacial score (nSPS) is 12.2. The zero-order chi connectivity index (χ0) is 19.2. The van der Waals surface area contributed by atoms with Gasteiger partial charge in [-0.05, 0) is 24.1 Å². The van der Waals surface area contributed by atoms with Crippen molar-refractivity contribution in [2.24, 2.45) is 5.73 Å². The molecule has 0 bridgehead atoms. The highest BCUT2D eigenvalue weighted by Gasteiger charge is 2.23. The van der Waals surface area contributed by atoms with Crippen LogP contribution in [0.5, 0.6) is 0 Å². The van der Waals surface area contributed by atoms with Crippen LogP contribution in [0.15, 0.2) is 64.5 Å². The van der Waals surface area contributed by atoms with Crippen LogP contribution >= 0.6 is 11.8 Å². The summed E-state index contributed by atoms with van der Waals surface area (Å²) < 4.78 is 6.70. The zero-order valence-electron chi connectivity index (χ0n) is 15.0. The van der Waals surface area contributed by atoms with Crippen LogP contribution < -0.4 is 11.3 Å². The Hall–Kier alpha value is -2.64. The maximum atomic E-state index is 13.0. The lowest BCUT2D eigenvalue weighted by Crippen LogP contribution is -2.26. The van der Waals surface area contributed by atoms with Crippen molar-refractivity contribution in [3.63, 3.8) is 0 Å². The van der Waals surface area contributed by atoms with Gasteiger partial charge in [-0.15, -0.1) is 0 Å². The number of primary amides is 1. The van der Waals surface area contributed by atoms with Gasteiger partial charge in [-0.25, -0.2) is 4.98 Å². The fraction of sp³-hybridized carbons (Fsp3) is 0.250. The molecule has 0 aliphatic carbocycles. The van der Waals surface area contributed by atoms with Crippen LogP contribution in [0.25, 0.3) is 10.9 Å². The molecule has 7 heteroatoms. The zero-order valence-corrected chi connectivity index (χ0v) is 15.8. The standard InChI is InChI=1S/C20H21N3O3S/c1-26-13-7-12-23-19(25)15-10-5-6-11-16(15)22-20(23)27-17(18(21)24)14-8-3-2-4-9-14/h2-6,8-11,17H,7,12-13H2,1H3,(H2,21,24). The van der Waals surface area contributed by atoms with Crippen molar-refractivity contribution < 1.29 is 9.53 Å². The minimum absolute atomic E-state index is 0.129. The van der Waals surface area contributed by atoms with Crippen molar-refractivity contribution in [2.45, 2.75) is 23.4 Å². The van der Waals surface area contributed by atoms with Crippen molar-refractivity contribution in [3.8, 4) is 0 Å². The average molecular weight is 383 g/mol. The Balaban J connectivity index is 2.06. The van der Waals surface area contributed by atoms with E-state index < -0.39 is 11.2 Å². The minimum atomic E-state index is -0.632. The van der Waals surface area contributed by atoms with Crippen LogP contribution in [0.1, 0.15) is 17.2 Å². The maximum Gasteiger partial charge on any atom is 0.262 e. The summed E-state index contributed by atoms with van der Waals surface area (Å²) in [7, 11) is 1.62. The van der Waals surface area contributed by atoms with E-state index in [4.69, 9.17) is 10.5 Å². The highest BCUT2D eigenvalue weighted by molar-refractivity contribution is 8.00. The number of aromatic nitrogens is 2. The molecule has 1 amide bonds. The quantitative estimate of drug-likeness (QED) is 0.367. The Bertz CT molecular complexity index is 989. The van der Waals surface area contributed by atoms with E-state index in [1.165, 1.54) is 11.8 Å². The molecule has 3 aromatic rings. The maximum absolute atomic E-state index is 13.0. The van der Waals surface area contributed by atoms with Crippen molar-refractivity contribution >= 4 is 28.6 Å². The first kappa shape index (κ1) is 19.1. The SMILES string of the molecule is COCCCn1c(SC(C(N)=O)c2ccccc2)nc2ccccc2c1=O. The molecular weight excluding hydrogens is 362 g/mol. The number of nitrogens with zero attached hydrogens (tertiary/aromatic N) is 2. The number of para-hydroxylation sites is 1. The molecule has 1 unspecified atom stereocenters. The summed E-state index contributed by atoms with van der Waals surface area (Å²) in [4.78, 5) is 29.7. The van der Waals surface area contributed by atoms with Gasteiger partial charge in [0.2, 0.25) is 5.91 Å². The first-order chi connectivity index (χ1) is 13.1. The van der Waals surface area contributed by atoms with Crippen molar-refractivity contribution in [1.82, 2.24) is 9.55 Å². The number of thioether (sulfide) groups is 1. The summed E-state index contributed by atoms with van der Waals surface area (Å²) >= 11 is 1.20. The van der Waals surface area contributed by atoms with Crippen LogP contribution in [-0.2, 0) is 16.1 Å². The smallest absolute Gasteiger partial charge is 0.262 e. The lowest BCUT2D eigenvalue weighted by atomic mass is 10.1. The number of hydrogen-bond acceptors (Lipinski definition) is 5. The van der Waals surface area contributed by atoms with Gasteiger partial charge < -0.3 is 10.5 Å². The van der Waals surface area contributed by atoms with Gasteiger partial charge in [-0.1, -0.05) is 54.2 Å². The Kier molecular flexibility index (Phi) is 6.26. The number of methoxy groups -OCH3 is 1. The highest BCUT2D eigenvalue weighted by atomic mass is 32.2. The molecule has 6 nitrogen and oxygen atoms in total. The average Bonchev–Trinajstić information content (AvgIpc) is 2.68. The van der Waals surface area contributed by atoms with Gasteiger partial charge in [0.05, 0.1) is 10.9 Å². The molecule has 0 saturated heterocycles. The summed E-state index contributed by atoms with van der Waals surface area (Å²) in [5.74, 6) is -0.475. The summed E-state index contributed by atoms with van der Waals surface area (Å²) in [5, 5.41) is 0.394. The molecule has 3 rings (SSSR count). The molecule has 0 spiro atoms. The van der Waals surface area contributed by atoms with Gasteiger partial charge in [-0.2, -0.15) is 0 Å². The van der Waals surface area contributed by atoms with E-state index in [1.54, 1.807) is 23.8 Å². The highest BCUT2D eigenvalue weighted by Crippen LogP contribution is 2.34. The van der Waals surface area contributed by atoms with Crippen LogP contribution in [0.2, 0.25) is 0 Å². The van der Waals surface area contributed by atoms with E-state index >= 15 is 0 Å². The number of hydrogen-bond donors (Lipinski definition) is 1. The molecule has 0 aliphatic rings. The van der Waals surface area contributed by atoms with E-state index in [-0.39, 0.29) is 5.56 Å². The number of ether oxygens (including phenoxy) is 1. The van der Waals surface area contributed by atoms with E-state index in [0.717, 1.165) is 5.56 Å². The molecule has 2 aromatic carbocycles. The summed E-state index contributed by atoms with van der Waals surface area (Å²) in [6.45, 7) is 0.981. The van der Waals surface area contributed by atoms with Gasteiger partial charge in [-0.3, -0.25) is 14.2 Å². The summed E-state index contributed by atoms with van der Waals surface area (Å²) in [5.41, 5.74) is 6.89. The van der Waals surface area contributed by atoms with E-state index in [1.807, 2.05) is 42.5 Å². The number of carbonyl (C=O) groups excluding carboxylic acids is 1. The van der Waals surface area contributed by atoms with Gasteiger partial charge in [0.15, 0.2) is 5.16 Å². The predicted octanol–water partition coefficient (Wildman–Crippen LogP) is 2.75. The number of benzene rings is 2. The third-order valence-corrected chi connectivity index (χ3v) is 5.40. The van der Waals surface area contributed by atoms with E-state index in [2.05, 4.69) is 4.98 Å². The van der Waals surface area contributed by atoms with Gasteiger partial charge >= 0.3 is 0 Å². The van der Waals surface area contributed by atoms with Gasteiger partial charge in [0.25, 0.3) is 5.56 Å². The number of nitrogens with two attached hydrogens (primary N) is 1. The fourth-order valence-electron chi connectivity index (χ4n) is 2.83. The molecule has 1 aromatic heterocycles. The lowest BCUT2D eigenvalue weighted by molar-refractivity contribution is -0.117. The second-order valence-corrected chi connectivity index (χ2v) is 7.10. The first-order valence-electron chi connectivity index (χ1n) is 8.61. The van der Waals surface area contributed by atoms with Crippen LogP contribution in [0.4, 0.5) is 0 Å². The third kappa shape index (κ3) is 4.37. The van der Waals surface area contributed by atoms with Crippen molar-refractivity contribution in [2.75, 3.05) is 13.7 Å². The molecule has 1 heterocycles. The van der Waals surface area contributed by atoms with Crippen LogP contribution in [0, 0.1) is 0 Å². The Morgan fingerprint density at radius 3 is 2.59 bits per heavy atom.